The minimum Gasteiger partial charge on any atom is -0.491 e. The van der Waals surface area contributed by atoms with E-state index in [0.29, 0.717) is 11.4 Å². The largest absolute Gasteiger partial charge is 0.491 e. The molecular formula is C25H27FN2O5S. The molecule has 0 bridgehead atoms. The van der Waals surface area contributed by atoms with E-state index in [4.69, 9.17) is 4.74 Å². The van der Waals surface area contributed by atoms with Gasteiger partial charge in [0.15, 0.2) is 0 Å². The second-order valence-corrected chi connectivity index (χ2v) is 9.72. The van der Waals surface area contributed by atoms with Crippen LogP contribution in [0.5, 0.6) is 5.75 Å². The molecule has 1 amide bonds. The number of amides is 1. The van der Waals surface area contributed by atoms with Crippen LogP contribution in [0.3, 0.4) is 0 Å². The quantitative estimate of drug-likeness (QED) is 0.498. The fourth-order valence-corrected chi connectivity index (χ4v) is 4.67. The van der Waals surface area contributed by atoms with Crippen LogP contribution < -0.4 is 13.9 Å². The summed E-state index contributed by atoms with van der Waals surface area (Å²) in [5.74, 6) is -0.159. The van der Waals surface area contributed by atoms with E-state index in [-0.39, 0.29) is 29.6 Å². The second kappa shape index (κ2) is 10.7. The molecule has 0 aliphatic rings. The normalized spacial score (nSPS) is 12.1. The monoisotopic (exact) mass is 486 g/mol. The minimum absolute atomic E-state index is 0.0562. The smallest absolute Gasteiger partial charge is 0.264 e. The first-order valence-electron chi connectivity index (χ1n) is 10.6. The van der Waals surface area contributed by atoms with E-state index in [1.54, 1.807) is 43.4 Å². The molecule has 0 heterocycles. The Morgan fingerprint density at radius 3 is 2.09 bits per heavy atom. The van der Waals surface area contributed by atoms with E-state index in [9.17, 15) is 22.7 Å². The number of halogens is 1. The van der Waals surface area contributed by atoms with Gasteiger partial charge in [0.05, 0.1) is 17.1 Å². The fourth-order valence-electron chi connectivity index (χ4n) is 3.17. The summed E-state index contributed by atoms with van der Waals surface area (Å²) in [5, 5.41) is 10.6. The van der Waals surface area contributed by atoms with Crippen LogP contribution in [-0.2, 0) is 14.8 Å². The van der Waals surface area contributed by atoms with Gasteiger partial charge in [0.1, 0.15) is 24.3 Å². The van der Waals surface area contributed by atoms with Crippen LogP contribution in [0.1, 0.15) is 12.5 Å². The first-order valence-corrected chi connectivity index (χ1v) is 12.0. The summed E-state index contributed by atoms with van der Waals surface area (Å²) in [5.41, 5.74) is 1.81. The fraction of sp³-hybridized carbons (Fsp3) is 0.240. The highest BCUT2D eigenvalue weighted by Gasteiger charge is 2.27. The maximum absolute atomic E-state index is 13.4. The summed E-state index contributed by atoms with van der Waals surface area (Å²) in [6.07, 6.45) is -1.18. The van der Waals surface area contributed by atoms with E-state index < -0.39 is 21.9 Å². The highest BCUT2D eigenvalue weighted by atomic mass is 32.2. The van der Waals surface area contributed by atoms with Crippen LogP contribution in [0.15, 0.2) is 77.7 Å². The van der Waals surface area contributed by atoms with Gasteiger partial charge in [-0.1, -0.05) is 17.7 Å². The molecule has 0 aliphatic heterocycles. The van der Waals surface area contributed by atoms with Gasteiger partial charge in [-0.25, -0.2) is 12.8 Å². The Morgan fingerprint density at radius 2 is 1.53 bits per heavy atom. The lowest BCUT2D eigenvalue weighted by Gasteiger charge is -2.27. The van der Waals surface area contributed by atoms with Gasteiger partial charge in [0, 0.05) is 19.7 Å². The molecule has 9 heteroatoms. The Bertz CT molecular complexity index is 1210. The number of sulfonamides is 1. The molecule has 1 unspecified atom stereocenters. The lowest BCUT2D eigenvalue weighted by atomic mass is 10.2. The van der Waals surface area contributed by atoms with Gasteiger partial charge in [-0.2, -0.15) is 0 Å². The molecule has 3 aromatic carbocycles. The number of nitrogens with zero attached hydrogens (tertiary/aromatic N) is 2. The third-order valence-electron chi connectivity index (χ3n) is 5.24. The topological polar surface area (TPSA) is 87.2 Å². The van der Waals surface area contributed by atoms with Crippen LogP contribution in [0.2, 0.25) is 0 Å². The van der Waals surface area contributed by atoms with Crippen molar-refractivity contribution in [2.24, 2.45) is 0 Å². The summed E-state index contributed by atoms with van der Waals surface area (Å²) in [6.45, 7) is 2.83. The molecular weight excluding hydrogens is 459 g/mol. The van der Waals surface area contributed by atoms with Gasteiger partial charge in [-0.15, -0.1) is 0 Å². The van der Waals surface area contributed by atoms with Gasteiger partial charge in [-0.3, -0.25) is 9.10 Å². The van der Waals surface area contributed by atoms with Crippen molar-refractivity contribution in [2.75, 3.05) is 29.4 Å². The molecule has 0 aliphatic carbocycles. The number of hydrogen-bond acceptors (Lipinski definition) is 5. The number of hydrogen-bond donors (Lipinski definition) is 1. The Hall–Kier alpha value is -3.43. The zero-order chi connectivity index (χ0) is 24.9. The van der Waals surface area contributed by atoms with Crippen molar-refractivity contribution in [3.05, 3.63) is 84.2 Å². The van der Waals surface area contributed by atoms with Gasteiger partial charge in [-0.05, 0) is 67.6 Å². The molecule has 0 saturated carbocycles. The van der Waals surface area contributed by atoms with Crippen molar-refractivity contribution in [1.29, 1.82) is 0 Å². The zero-order valence-electron chi connectivity index (χ0n) is 19.2. The van der Waals surface area contributed by atoms with Crippen LogP contribution in [0, 0.1) is 12.7 Å². The van der Waals surface area contributed by atoms with Crippen LogP contribution in [0.25, 0.3) is 0 Å². The molecule has 1 atom stereocenters. The number of rotatable bonds is 9. The maximum atomic E-state index is 13.4. The van der Waals surface area contributed by atoms with Crippen LogP contribution >= 0.6 is 0 Å². The third-order valence-corrected chi connectivity index (χ3v) is 7.05. The molecule has 34 heavy (non-hydrogen) atoms. The van der Waals surface area contributed by atoms with Crippen molar-refractivity contribution in [3.63, 3.8) is 0 Å². The number of carbonyl (C=O) groups excluding carboxylic acids is 1. The molecule has 1 N–H and O–H groups in total. The standard InChI is InChI=1S/C25H27FN2O5S/c1-18-4-14-25(15-5-18)34(31,32)28(22-8-6-20(26)7-9-22)16-23(30)17-33-24-12-10-21(11-13-24)27(3)19(2)29/h4-15,23,30H,16-17H2,1-3H3. The third kappa shape index (κ3) is 6.12. The van der Waals surface area contributed by atoms with Crippen LogP contribution in [0.4, 0.5) is 15.8 Å². The molecule has 0 spiro atoms. The average Bonchev–Trinajstić information content (AvgIpc) is 2.82. The van der Waals surface area contributed by atoms with Crippen LogP contribution in [-0.4, -0.2) is 45.7 Å². The Kier molecular flexibility index (Phi) is 7.90. The number of carbonyl (C=O) groups is 1. The number of aliphatic hydroxyl groups is 1. The van der Waals surface area contributed by atoms with Crippen molar-refractivity contribution < 1.29 is 27.4 Å². The zero-order valence-corrected chi connectivity index (χ0v) is 20.0. The lowest BCUT2D eigenvalue weighted by molar-refractivity contribution is -0.116. The van der Waals surface area contributed by atoms with Gasteiger partial charge in [0.25, 0.3) is 10.0 Å². The highest BCUT2D eigenvalue weighted by Crippen LogP contribution is 2.25. The predicted octanol–water partition coefficient (Wildman–Crippen LogP) is 3.75. The Morgan fingerprint density at radius 1 is 0.971 bits per heavy atom. The summed E-state index contributed by atoms with van der Waals surface area (Å²) < 4.78 is 46.8. The minimum atomic E-state index is -4.03. The van der Waals surface area contributed by atoms with Gasteiger partial charge >= 0.3 is 0 Å². The lowest BCUT2D eigenvalue weighted by Crippen LogP contribution is -2.40. The molecule has 7 nitrogen and oxygen atoms in total. The van der Waals surface area contributed by atoms with Gasteiger partial charge in [0.2, 0.25) is 5.91 Å². The van der Waals surface area contributed by atoms with Crippen molar-refractivity contribution >= 4 is 27.3 Å². The maximum Gasteiger partial charge on any atom is 0.264 e. The number of aryl methyl sites for hydroxylation is 1. The summed E-state index contributed by atoms with van der Waals surface area (Å²) in [6, 6.07) is 18.1. The SMILES string of the molecule is CC(=O)N(C)c1ccc(OCC(O)CN(c2ccc(F)cc2)S(=O)(=O)c2ccc(C)cc2)cc1. The molecule has 0 radical (unpaired) electrons. The summed E-state index contributed by atoms with van der Waals surface area (Å²) in [4.78, 5) is 13.0. The molecule has 0 saturated heterocycles. The van der Waals surface area contributed by atoms with E-state index in [0.717, 1.165) is 22.0 Å². The first-order chi connectivity index (χ1) is 16.1. The average molecular weight is 487 g/mol. The number of anilines is 2. The molecule has 3 rings (SSSR count). The van der Waals surface area contributed by atoms with E-state index in [1.165, 1.54) is 36.1 Å². The van der Waals surface area contributed by atoms with E-state index in [2.05, 4.69) is 0 Å². The van der Waals surface area contributed by atoms with Crippen molar-refractivity contribution in [2.45, 2.75) is 24.8 Å². The van der Waals surface area contributed by atoms with E-state index in [1.807, 2.05) is 6.92 Å². The van der Waals surface area contributed by atoms with Crippen molar-refractivity contribution in [1.82, 2.24) is 0 Å². The Balaban J connectivity index is 1.76. The molecule has 3 aromatic rings. The first kappa shape index (κ1) is 25.2. The Labute approximate surface area is 199 Å². The molecule has 0 aromatic heterocycles. The molecule has 180 valence electrons. The second-order valence-electron chi connectivity index (χ2n) is 7.86. The highest BCUT2D eigenvalue weighted by molar-refractivity contribution is 7.92. The van der Waals surface area contributed by atoms with E-state index >= 15 is 0 Å². The number of aliphatic hydroxyl groups excluding tert-OH is 1. The summed E-state index contributed by atoms with van der Waals surface area (Å²) in [7, 11) is -2.37. The van der Waals surface area contributed by atoms with Crippen molar-refractivity contribution in [3.8, 4) is 5.75 Å². The molecule has 0 fully saturated rings. The predicted molar refractivity (Wildman–Crippen MR) is 129 cm³/mol. The van der Waals surface area contributed by atoms with Gasteiger partial charge < -0.3 is 14.7 Å². The summed E-state index contributed by atoms with van der Waals surface area (Å²) >= 11 is 0. The number of ether oxygens (including phenoxy) is 1. The number of benzene rings is 3.